The first kappa shape index (κ1) is 17.4. The van der Waals surface area contributed by atoms with Crippen LogP contribution in [0.25, 0.3) is 0 Å². The van der Waals surface area contributed by atoms with E-state index in [0.29, 0.717) is 23.0 Å². The number of nitrogens with one attached hydrogen (secondary N) is 2. The molecule has 120 valence electrons. The van der Waals surface area contributed by atoms with Gasteiger partial charge >= 0.3 is 0 Å². The van der Waals surface area contributed by atoms with Crippen molar-refractivity contribution in [2.24, 2.45) is 0 Å². The third-order valence-electron chi connectivity index (χ3n) is 3.48. The van der Waals surface area contributed by atoms with Crippen molar-refractivity contribution in [3.05, 3.63) is 70.7 Å². The maximum Gasteiger partial charge on any atom is 0.226 e. The monoisotopic (exact) mass is 346 g/mol. The fourth-order valence-corrected chi connectivity index (χ4v) is 2.72. The van der Waals surface area contributed by atoms with Crippen LogP contribution in [0.15, 0.2) is 54.6 Å². The van der Waals surface area contributed by atoms with Crippen molar-refractivity contribution >= 4 is 34.8 Å². The highest BCUT2D eigenvalue weighted by Crippen LogP contribution is 2.16. The van der Waals surface area contributed by atoms with Crippen LogP contribution in [-0.2, 0) is 11.2 Å². The summed E-state index contributed by atoms with van der Waals surface area (Å²) >= 11 is 11.3. The molecule has 2 N–H and O–H groups in total. The SMILES string of the molecule is CC(NC(=S)NC(=O)CCc1ccccc1Cl)c1ccccc1. The van der Waals surface area contributed by atoms with Gasteiger partial charge in [-0.1, -0.05) is 60.1 Å². The van der Waals surface area contributed by atoms with Gasteiger partial charge in [-0.05, 0) is 42.8 Å². The van der Waals surface area contributed by atoms with Crippen LogP contribution in [0, 0.1) is 0 Å². The second-order valence-corrected chi connectivity index (χ2v) is 6.06. The lowest BCUT2D eigenvalue weighted by Crippen LogP contribution is -2.40. The standard InChI is InChI=1S/C18H19ClN2OS/c1-13(14-7-3-2-4-8-14)20-18(23)21-17(22)12-11-15-9-5-6-10-16(15)19/h2-10,13H,11-12H2,1H3,(H2,20,21,22,23). The molecule has 0 aliphatic carbocycles. The Balaban J connectivity index is 1.79. The van der Waals surface area contributed by atoms with E-state index in [1.165, 1.54) is 0 Å². The molecule has 0 fully saturated rings. The topological polar surface area (TPSA) is 41.1 Å². The molecule has 1 amide bonds. The van der Waals surface area contributed by atoms with E-state index in [9.17, 15) is 4.79 Å². The fraction of sp³-hybridized carbons (Fsp3) is 0.222. The summed E-state index contributed by atoms with van der Waals surface area (Å²) in [6.07, 6.45) is 0.924. The summed E-state index contributed by atoms with van der Waals surface area (Å²) in [7, 11) is 0. The van der Waals surface area contributed by atoms with Crippen molar-refractivity contribution in [1.82, 2.24) is 10.6 Å². The Morgan fingerprint density at radius 3 is 2.48 bits per heavy atom. The predicted molar refractivity (Wildman–Crippen MR) is 98.5 cm³/mol. The van der Waals surface area contributed by atoms with Gasteiger partial charge in [-0.3, -0.25) is 4.79 Å². The molecular formula is C18H19ClN2OS. The van der Waals surface area contributed by atoms with Crippen molar-refractivity contribution in [2.45, 2.75) is 25.8 Å². The molecule has 2 rings (SSSR count). The van der Waals surface area contributed by atoms with Gasteiger partial charge in [0, 0.05) is 11.4 Å². The fourth-order valence-electron chi connectivity index (χ4n) is 2.20. The number of carbonyl (C=O) groups excluding carboxylic acids is 1. The van der Waals surface area contributed by atoms with Crippen molar-refractivity contribution < 1.29 is 4.79 Å². The van der Waals surface area contributed by atoms with E-state index in [4.69, 9.17) is 23.8 Å². The predicted octanol–water partition coefficient (Wildman–Crippen LogP) is 4.02. The van der Waals surface area contributed by atoms with Gasteiger partial charge in [-0.15, -0.1) is 0 Å². The second kappa shape index (κ2) is 8.65. The number of amides is 1. The normalized spacial score (nSPS) is 11.6. The number of halogens is 1. The molecule has 0 aliphatic heterocycles. The maximum absolute atomic E-state index is 12.0. The molecule has 0 radical (unpaired) electrons. The van der Waals surface area contributed by atoms with Gasteiger partial charge in [0.05, 0.1) is 6.04 Å². The largest absolute Gasteiger partial charge is 0.356 e. The lowest BCUT2D eigenvalue weighted by atomic mass is 10.1. The van der Waals surface area contributed by atoms with E-state index in [-0.39, 0.29) is 11.9 Å². The first-order valence-corrected chi connectivity index (χ1v) is 8.23. The first-order valence-electron chi connectivity index (χ1n) is 7.45. The molecule has 0 saturated heterocycles. The van der Waals surface area contributed by atoms with Gasteiger partial charge in [-0.25, -0.2) is 0 Å². The van der Waals surface area contributed by atoms with Crippen LogP contribution in [-0.4, -0.2) is 11.0 Å². The van der Waals surface area contributed by atoms with E-state index >= 15 is 0 Å². The Bertz CT molecular complexity index is 676. The third kappa shape index (κ3) is 5.66. The molecular weight excluding hydrogens is 328 g/mol. The summed E-state index contributed by atoms with van der Waals surface area (Å²) < 4.78 is 0. The number of aryl methyl sites for hydroxylation is 1. The average molecular weight is 347 g/mol. The highest BCUT2D eigenvalue weighted by molar-refractivity contribution is 7.80. The molecule has 0 spiro atoms. The van der Waals surface area contributed by atoms with Crippen molar-refractivity contribution in [2.75, 3.05) is 0 Å². The van der Waals surface area contributed by atoms with Crippen LogP contribution in [0.4, 0.5) is 0 Å². The van der Waals surface area contributed by atoms with Gasteiger partial charge in [0.1, 0.15) is 0 Å². The van der Waals surface area contributed by atoms with Crippen molar-refractivity contribution in [3.63, 3.8) is 0 Å². The van der Waals surface area contributed by atoms with Crippen molar-refractivity contribution in [3.8, 4) is 0 Å². The minimum Gasteiger partial charge on any atom is -0.356 e. The number of thiocarbonyl (C=S) groups is 1. The minimum absolute atomic E-state index is 0.0348. The molecule has 2 aromatic carbocycles. The summed E-state index contributed by atoms with van der Waals surface area (Å²) in [4.78, 5) is 12.0. The lowest BCUT2D eigenvalue weighted by molar-refractivity contribution is -0.119. The Kier molecular flexibility index (Phi) is 6.56. The zero-order chi connectivity index (χ0) is 16.7. The molecule has 5 heteroatoms. The molecule has 1 atom stereocenters. The molecule has 3 nitrogen and oxygen atoms in total. The molecule has 0 bridgehead atoms. The third-order valence-corrected chi connectivity index (χ3v) is 4.07. The Morgan fingerprint density at radius 2 is 1.78 bits per heavy atom. The maximum atomic E-state index is 12.0. The van der Waals surface area contributed by atoms with Gasteiger partial charge in [0.15, 0.2) is 5.11 Å². The lowest BCUT2D eigenvalue weighted by Gasteiger charge is -2.16. The minimum atomic E-state index is -0.123. The highest BCUT2D eigenvalue weighted by Gasteiger charge is 2.10. The molecule has 2 aromatic rings. The van der Waals surface area contributed by atoms with E-state index in [0.717, 1.165) is 11.1 Å². The Labute approximate surface area is 147 Å². The zero-order valence-corrected chi connectivity index (χ0v) is 14.5. The molecule has 0 saturated carbocycles. The van der Waals surface area contributed by atoms with E-state index in [1.54, 1.807) is 0 Å². The average Bonchev–Trinajstić information content (AvgIpc) is 2.54. The van der Waals surface area contributed by atoms with Gasteiger partial charge < -0.3 is 10.6 Å². The van der Waals surface area contributed by atoms with Crippen LogP contribution in [0.2, 0.25) is 5.02 Å². The number of benzene rings is 2. The number of hydrogen-bond donors (Lipinski definition) is 2. The smallest absolute Gasteiger partial charge is 0.226 e. The summed E-state index contributed by atoms with van der Waals surface area (Å²) in [5.41, 5.74) is 2.07. The van der Waals surface area contributed by atoms with E-state index < -0.39 is 0 Å². The van der Waals surface area contributed by atoms with Gasteiger partial charge in [0.25, 0.3) is 0 Å². The summed E-state index contributed by atoms with van der Waals surface area (Å²) in [6.45, 7) is 2.00. The molecule has 1 unspecified atom stereocenters. The highest BCUT2D eigenvalue weighted by atomic mass is 35.5. The van der Waals surface area contributed by atoms with Crippen molar-refractivity contribution in [1.29, 1.82) is 0 Å². The summed E-state index contributed by atoms with van der Waals surface area (Å²) in [6, 6.07) is 17.5. The Hall–Kier alpha value is -1.91. The van der Waals surface area contributed by atoms with Gasteiger partial charge in [0.2, 0.25) is 5.91 Å². The first-order chi connectivity index (χ1) is 11.1. The molecule has 23 heavy (non-hydrogen) atoms. The van der Waals surface area contributed by atoms with Crippen LogP contribution in [0.5, 0.6) is 0 Å². The van der Waals surface area contributed by atoms with Crippen LogP contribution >= 0.6 is 23.8 Å². The quantitative estimate of drug-likeness (QED) is 0.803. The zero-order valence-electron chi connectivity index (χ0n) is 12.9. The van der Waals surface area contributed by atoms with Crippen LogP contribution < -0.4 is 10.6 Å². The molecule has 0 aromatic heterocycles. The molecule has 0 heterocycles. The van der Waals surface area contributed by atoms with Gasteiger partial charge in [-0.2, -0.15) is 0 Å². The van der Waals surface area contributed by atoms with E-state index in [2.05, 4.69) is 10.6 Å². The second-order valence-electron chi connectivity index (χ2n) is 5.25. The van der Waals surface area contributed by atoms with Crippen LogP contribution in [0.3, 0.4) is 0 Å². The summed E-state index contributed by atoms with van der Waals surface area (Å²) in [5.74, 6) is -0.123. The Morgan fingerprint density at radius 1 is 1.13 bits per heavy atom. The number of rotatable bonds is 5. The molecule has 0 aliphatic rings. The van der Waals surface area contributed by atoms with E-state index in [1.807, 2.05) is 61.5 Å². The number of hydrogen-bond acceptors (Lipinski definition) is 2. The number of carbonyl (C=O) groups is 1. The summed E-state index contributed by atoms with van der Waals surface area (Å²) in [5, 5.41) is 6.84. The van der Waals surface area contributed by atoms with Crippen LogP contribution in [0.1, 0.15) is 30.5 Å².